The maximum atomic E-state index is 13.7. The van der Waals surface area contributed by atoms with Crippen LogP contribution in [-0.4, -0.2) is 71.4 Å². The monoisotopic (exact) mass is 940 g/mol. The molecular weight excluding hydrogens is 839 g/mol. The van der Waals surface area contributed by atoms with E-state index in [4.69, 9.17) is 14.2 Å². The van der Waals surface area contributed by atoms with E-state index in [9.17, 15) is 19.2 Å². The molecule has 3 fully saturated rings. The van der Waals surface area contributed by atoms with Crippen molar-refractivity contribution in [1.82, 2.24) is 15.5 Å². The van der Waals surface area contributed by atoms with E-state index in [1.807, 2.05) is 60.3 Å². The molecule has 0 aromatic heterocycles. The first-order chi connectivity index (χ1) is 31.3. The smallest absolute Gasteiger partial charge is 0.407 e. The molecule has 0 heterocycles. The van der Waals surface area contributed by atoms with Crippen molar-refractivity contribution in [3.05, 3.63) is 11.6 Å². The normalized spacial score (nSPS) is 27.9. The van der Waals surface area contributed by atoms with E-state index in [-0.39, 0.29) is 48.0 Å². The fraction of sp³-hybridized carbons (Fsp3) is 0.895. The second kappa shape index (κ2) is 25.4. The van der Waals surface area contributed by atoms with Crippen LogP contribution in [0.25, 0.3) is 0 Å². The quantitative estimate of drug-likeness (QED) is 0.0427. The highest BCUT2D eigenvalue weighted by Crippen LogP contribution is 2.67. The van der Waals surface area contributed by atoms with Crippen molar-refractivity contribution in [2.24, 2.45) is 52.3 Å². The van der Waals surface area contributed by atoms with Crippen LogP contribution < -0.4 is 10.6 Å². The van der Waals surface area contributed by atoms with E-state index in [0.29, 0.717) is 37.8 Å². The van der Waals surface area contributed by atoms with Crippen molar-refractivity contribution < 1.29 is 33.4 Å². The molecule has 4 unspecified atom stereocenters. The molecule has 0 aromatic carbocycles. The Hall–Kier alpha value is -2.78. The lowest BCUT2D eigenvalue weighted by Crippen LogP contribution is -2.51. The van der Waals surface area contributed by atoms with Gasteiger partial charge in [0.2, 0.25) is 5.91 Å². The van der Waals surface area contributed by atoms with Crippen molar-refractivity contribution >= 4 is 24.1 Å². The SMILES string of the molecule is CCC(CCC(C)[C@H]1CC[C@H]2[C@@H]3CC=C4C[C@@H](OC(=O)CCCC(=O)N(CCCCCCCC(C)NC(=O)OC(C)(C)C)CCC(C)NC(=O)OC(C)(C)C)CC[C@]4(C)[C@H]3CC[C@]12C)C(C)C. The van der Waals surface area contributed by atoms with Gasteiger partial charge in [-0.2, -0.15) is 0 Å². The summed E-state index contributed by atoms with van der Waals surface area (Å²) in [4.78, 5) is 53.5. The number of carbonyl (C=O) groups is 4. The summed E-state index contributed by atoms with van der Waals surface area (Å²) in [6.07, 6.45) is 22.7. The minimum atomic E-state index is -0.587. The van der Waals surface area contributed by atoms with E-state index in [1.54, 1.807) is 0 Å². The highest BCUT2D eigenvalue weighted by atomic mass is 16.6. The van der Waals surface area contributed by atoms with Crippen molar-refractivity contribution in [2.45, 2.75) is 261 Å². The van der Waals surface area contributed by atoms with Crippen LogP contribution in [0.1, 0.15) is 232 Å². The number of unbranched alkanes of at least 4 members (excludes halogenated alkanes) is 4. The molecule has 10 nitrogen and oxygen atoms in total. The van der Waals surface area contributed by atoms with Crippen LogP contribution in [0.3, 0.4) is 0 Å². The highest BCUT2D eigenvalue weighted by molar-refractivity contribution is 5.77. The summed E-state index contributed by atoms with van der Waals surface area (Å²) in [5, 5.41) is 5.83. The molecule has 0 radical (unpaired) electrons. The van der Waals surface area contributed by atoms with E-state index in [2.05, 4.69) is 58.3 Å². The highest BCUT2D eigenvalue weighted by Gasteiger charge is 2.59. The Bertz CT molecular complexity index is 1610. The van der Waals surface area contributed by atoms with Crippen molar-refractivity contribution in [1.29, 1.82) is 0 Å². The minimum Gasteiger partial charge on any atom is -0.462 e. The molecule has 0 saturated heterocycles. The van der Waals surface area contributed by atoms with Crippen LogP contribution in [0.5, 0.6) is 0 Å². The van der Waals surface area contributed by atoms with Gasteiger partial charge in [0, 0.05) is 44.4 Å². The van der Waals surface area contributed by atoms with Crippen LogP contribution in [0.2, 0.25) is 0 Å². The summed E-state index contributed by atoms with van der Waals surface area (Å²) in [7, 11) is 0. The third kappa shape index (κ3) is 17.2. The van der Waals surface area contributed by atoms with Gasteiger partial charge in [-0.25, -0.2) is 9.59 Å². The molecule has 4 rings (SSSR count). The van der Waals surface area contributed by atoms with E-state index < -0.39 is 17.3 Å². The molecule has 386 valence electrons. The third-order valence-corrected chi connectivity index (χ3v) is 17.1. The number of amides is 3. The molecular formula is C57H101N3O7. The zero-order valence-electron chi connectivity index (χ0n) is 45.4. The zero-order valence-corrected chi connectivity index (χ0v) is 45.4. The van der Waals surface area contributed by atoms with Gasteiger partial charge in [-0.3, -0.25) is 9.59 Å². The van der Waals surface area contributed by atoms with E-state index in [0.717, 1.165) is 99.2 Å². The molecule has 4 aliphatic carbocycles. The number of hydrogen-bond donors (Lipinski definition) is 2. The van der Waals surface area contributed by atoms with Gasteiger partial charge in [-0.1, -0.05) is 91.7 Å². The Morgan fingerprint density at radius 3 is 1.97 bits per heavy atom. The Morgan fingerprint density at radius 1 is 0.716 bits per heavy atom. The number of nitrogens with zero attached hydrogens (tertiary/aromatic N) is 1. The lowest BCUT2D eigenvalue weighted by atomic mass is 9.47. The lowest BCUT2D eigenvalue weighted by Gasteiger charge is -2.58. The number of esters is 1. The van der Waals surface area contributed by atoms with E-state index >= 15 is 0 Å². The molecule has 2 N–H and O–H groups in total. The van der Waals surface area contributed by atoms with Crippen LogP contribution in [0.4, 0.5) is 9.59 Å². The Kier molecular flexibility index (Phi) is 21.5. The van der Waals surface area contributed by atoms with Gasteiger partial charge < -0.3 is 29.7 Å². The van der Waals surface area contributed by atoms with Gasteiger partial charge in [-0.05, 0) is 185 Å². The summed E-state index contributed by atoms with van der Waals surface area (Å²) in [5.41, 5.74) is 1.10. The van der Waals surface area contributed by atoms with E-state index in [1.165, 1.54) is 56.9 Å². The molecule has 0 aliphatic heterocycles. The molecule has 3 saturated carbocycles. The van der Waals surface area contributed by atoms with Gasteiger partial charge in [-0.15, -0.1) is 0 Å². The lowest BCUT2D eigenvalue weighted by molar-refractivity contribution is -0.151. The fourth-order valence-corrected chi connectivity index (χ4v) is 13.3. The number of rotatable bonds is 24. The first-order valence-electron chi connectivity index (χ1n) is 27.5. The Morgan fingerprint density at radius 2 is 1.34 bits per heavy atom. The predicted octanol–water partition coefficient (Wildman–Crippen LogP) is 14.1. The number of nitrogens with one attached hydrogen (secondary N) is 2. The number of fused-ring (bicyclic) bond motifs is 5. The molecule has 0 aromatic rings. The van der Waals surface area contributed by atoms with Crippen LogP contribution in [0.15, 0.2) is 11.6 Å². The van der Waals surface area contributed by atoms with Gasteiger partial charge in [0.15, 0.2) is 0 Å². The standard InChI is InChI=1S/C57H101N3O7/c1-15-43(39(2)3)26-25-40(4)47-29-30-48-46-28-27-44-38-45(31-34-56(44,13)49(46)32-35-57(47,48)14)65-51(62)24-21-23-50(61)60(37-33-42(6)59-53(64)67-55(10,11)12)36-20-18-16-17-19-22-41(5)58-52(63)66-54(7,8)9/h27,39-43,45-49H,15-26,28-38H2,1-14H3,(H,58,63)(H,59,64)/t40?,41?,42?,43?,45-,46-,47+,48-,49-,56-,57+/m0/s1. The average Bonchev–Trinajstić information content (AvgIpc) is 3.57. The predicted molar refractivity (Wildman–Crippen MR) is 273 cm³/mol. The molecule has 11 atom stereocenters. The molecule has 3 amide bonds. The van der Waals surface area contributed by atoms with Gasteiger partial charge in [0.05, 0.1) is 0 Å². The van der Waals surface area contributed by atoms with Gasteiger partial charge in [0.25, 0.3) is 0 Å². The Labute approximate surface area is 409 Å². The molecule has 10 heteroatoms. The maximum Gasteiger partial charge on any atom is 0.407 e. The summed E-state index contributed by atoms with van der Waals surface area (Å²) in [5.74, 6) is 5.47. The third-order valence-electron chi connectivity index (χ3n) is 17.1. The van der Waals surface area contributed by atoms with Crippen LogP contribution in [-0.2, 0) is 23.8 Å². The van der Waals surface area contributed by atoms with Crippen LogP contribution >= 0.6 is 0 Å². The summed E-state index contributed by atoms with van der Waals surface area (Å²) in [6, 6.07) is -0.127. The van der Waals surface area contributed by atoms with Crippen molar-refractivity contribution in [3.8, 4) is 0 Å². The summed E-state index contributed by atoms with van der Waals surface area (Å²) in [6.45, 7) is 31.2. The average molecular weight is 940 g/mol. The van der Waals surface area contributed by atoms with Crippen molar-refractivity contribution in [2.75, 3.05) is 13.1 Å². The topological polar surface area (TPSA) is 123 Å². The minimum absolute atomic E-state index is 0.0394. The van der Waals surface area contributed by atoms with Crippen LogP contribution in [0, 0.1) is 52.3 Å². The number of allylic oxidation sites excluding steroid dienone is 1. The Balaban J connectivity index is 1.23. The maximum absolute atomic E-state index is 13.7. The van der Waals surface area contributed by atoms with Gasteiger partial charge in [0.1, 0.15) is 17.3 Å². The number of alkyl carbamates (subject to hydrolysis) is 2. The summed E-state index contributed by atoms with van der Waals surface area (Å²) >= 11 is 0. The largest absolute Gasteiger partial charge is 0.462 e. The number of hydrogen-bond acceptors (Lipinski definition) is 7. The first-order valence-corrected chi connectivity index (χ1v) is 27.5. The fourth-order valence-electron chi connectivity index (χ4n) is 13.3. The zero-order chi connectivity index (χ0) is 49.7. The molecule has 0 spiro atoms. The second-order valence-corrected chi connectivity index (χ2v) is 25.0. The number of ether oxygens (including phenoxy) is 3. The van der Waals surface area contributed by atoms with Gasteiger partial charge >= 0.3 is 18.2 Å². The second-order valence-electron chi connectivity index (χ2n) is 25.0. The summed E-state index contributed by atoms with van der Waals surface area (Å²) < 4.78 is 17.0. The first kappa shape index (κ1) is 56.8. The molecule has 67 heavy (non-hydrogen) atoms. The number of carbonyl (C=O) groups excluding carboxylic acids is 4. The molecule has 0 bridgehead atoms. The van der Waals surface area contributed by atoms with Crippen molar-refractivity contribution in [3.63, 3.8) is 0 Å². The molecule has 4 aliphatic rings.